The van der Waals surface area contributed by atoms with Crippen LogP contribution in [-0.2, 0) is 20.5 Å². The molecule has 13 heteroatoms. The third kappa shape index (κ3) is 5.93. The van der Waals surface area contributed by atoms with Crippen LogP contribution in [0.3, 0.4) is 0 Å². The molecule has 0 bridgehead atoms. The SMILES string of the molecule is Cn1cnc2ncn3c(CCCC[Se][Se]CCCNc4c(-c5ccccc5)nc5c6c(ncn45)[NH+](C)C=[N+]6C)c(-c4ccccc4)[n+](C)c3c21. The normalized spacial score (nSPS) is 14.2. The molecule has 7 aromatic rings. The molecule has 2 N–H and O–H groups in total. The van der Waals surface area contributed by atoms with Crippen molar-refractivity contribution >= 4 is 72.4 Å². The van der Waals surface area contributed by atoms with Gasteiger partial charge in [0.25, 0.3) is 0 Å². The number of aromatic nitrogens is 8. The molecule has 6 heterocycles. The molecule has 50 heavy (non-hydrogen) atoms. The first kappa shape index (κ1) is 32.8. The van der Waals surface area contributed by atoms with Gasteiger partial charge in [-0.2, -0.15) is 0 Å². The summed E-state index contributed by atoms with van der Waals surface area (Å²) < 4.78 is 11.0. The van der Waals surface area contributed by atoms with Gasteiger partial charge in [-0.25, -0.2) is 0 Å². The summed E-state index contributed by atoms with van der Waals surface area (Å²) in [7, 11) is 8.41. The summed E-state index contributed by atoms with van der Waals surface area (Å²) >= 11 is 1.41. The van der Waals surface area contributed by atoms with Crippen molar-refractivity contribution in [1.82, 2.24) is 33.3 Å². The molecule has 2 aromatic carbocycles. The zero-order chi connectivity index (χ0) is 34.2. The number of unbranched alkanes of at least 4 members (excludes halogenated alkanes) is 1. The average molecular weight is 799 g/mol. The summed E-state index contributed by atoms with van der Waals surface area (Å²) in [6.45, 7) is 0.925. The maximum atomic E-state index is 5.16. The number of hydrogen-bond acceptors (Lipinski definition) is 5. The number of nitrogens with one attached hydrogen (secondary N) is 2. The van der Waals surface area contributed by atoms with Crippen molar-refractivity contribution in [2.75, 3.05) is 26.0 Å². The van der Waals surface area contributed by atoms with E-state index in [-0.39, 0.29) is 0 Å². The molecule has 0 fully saturated rings. The van der Waals surface area contributed by atoms with E-state index < -0.39 is 0 Å². The zero-order valence-corrected chi connectivity index (χ0v) is 32.3. The van der Waals surface area contributed by atoms with E-state index in [0.717, 1.165) is 70.4 Å². The Morgan fingerprint density at radius 3 is 2.30 bits per heavy atom. The molecule has 0 saturated heterocycles. The fourth-order valence-electron chi connectivity index (χ4n) is 7.08. The first-order chi connectivity index (χ1) is 24.5. The number of nitrogens with zero attached hydrogens (tertiary/aromatic N) is 9. The van der Waals surface area contributed by atoms with Gasteiger partial charge in [-0.05, 0) is 0 Å². The predicted octanol–water partition coefficient (Wildman–Crippen LogP) is 3.87. The van der Waals surface area contributed by atoms with Gasteiger partial charge in [0.1, 0.15) is 0 Å². The second-order valence-corrected chi connectivity index (χ2v) is 20.6. The Balaban J connectivity index is 0.875. The Hall–Kier alpha value is -4.38. The number of quaternary nitrogens is 1. The number of benzene rings is 2. The van der Waals surface area contributed by atoms with Gasteiger partial charge >= 0.3 is 304 Å². The van der Waals surface area contributed by atoms with Gasteiger partial charge in [0.2, 0.25) is 0 Å². The third-order valence-corrected chi connectivity index (χ3v) is 17.1. The van der Waals surface area contributed by atoms with Crippen LogP contribution >= 0.6 is 0 Å². The monoisotopic (exact) mass is 800 g/mol. The van der Waals surface area contributed by atoms with E-state index in [9.17, 15) is 0 Å². The van der Waals surface area contributed by atoms with Gasteiger partial charge < -0.3 is 0 Å². The summed E-state index contributed by atoms with van der Waals surface area (Å²) in [4.78, 5) is 20.4. The van der Waals surface area contributed by atoms with E-state index in [1.165, 1.54) is 45.3 Å². The molecule has 8 rings (SSSR count). The van der Waals surface area contributed by atoms with Crippen molar-refractivity contribution in [3.63, 3.8) is 0 Å². The minimum atomic E-state index is 0.698. The van der Waals surface area contributed by atoms with Crippen LogP contribution < -0.4 is 14.8 Å². The molecular formula is C37H42N11Se2+3. The van der Waals surface area contributed by atoms with Gasteiger partial charge in [-0.1, -0.05) is 0 Å². The Morgan fingerprint density at radius 1 is 0.820 bits per heavy atom. The number of aryl methyl sites for hydroxylation is 3. The van der Waals surface area contributed by atoms with Crippen LogP contribution in [0, 0.1) is 0 Å². The Bertz CT molecular complexity index is 2340. The minimum absolute atomic E-state index is 0.698. The maximum absolute atomic E-state index is 5.16. The first-order valence-electron chi connectivity index (χ1n) is 17.1. The fourth-order valence-corrected chi connectivity index (χ4v) is 13.9. The molecule has 5 aromatic heterocycles. The topological polar surface area (TPSA) is 88.7 Å². The van der Waals surface area contributed by atoms with E-state index in [4.69, 9.17) is 15.0 Å². The van der Waals surface area contributed by atoms with Crippen LogP contribution in [0.5, 0.6) is 0 Å². The summed E-state index contributed by atoms with van der Waals surface area (Å²) in [5, 5.41) is 6.39. The summed E-state index contributed by atoms with van der Waals surface area (Å²) in [6.07, 6.45) is 12.5. The molecule has 1 atom stereocenters. The van der Waals surface area contributed by atoms with E-state index in [2.05, 4.69) is 121 Å². The number of imidazole rings is 3. The van der Waals surface area contributed by atoms with Crippen LogP contribution in [-0.4, -0.2) is 91.1 Å². The summed E-state index contributed by atoms with van der Waals surface area (Å²) in [5.74, 6) is 2.04. The first-order valence-corrected chi connectivity index (χ1v) is 23.9. The van der Waals surface area contributed by atoms with Crippen molar-refractivity contribution in [1.29, 1.82) is 0 Å². The van der Waals surface area contributed by atoms with E-state index in [1.54, 1.807) is 0 Å². The second-order valence-electron chi connectivity index (χ2n) is 12.8. The van der Waals surface area contributed by atoms with E-state index >= 15 is 0 Å². The quantitative estimate of drug-likeness (QED) is 0.105. The molecule has 0 aliphatic carbocycles. The van der Waals surface area contributed by atoms with Gasteiger partial charge in [-0.15, -0.1) is 0 Å². The number of hydrogen-bond donors (Lipinski definition) is 2. The van der Waals surface area contributed by atoms with Crippen LogP contribution in [0.1, 0.15) is 25.0 Å². The fraction of sp³-hybridized carbons (Fsp3) is 0.297. The molecule has 0 saturated carbocycles. The third-order valence-electron chi connectivity index (χ3n) is 9.40. The Kier molecular flexibility index (Phi) is 9.24. The molecule has 1 aliphatic heterocycles. The van der Waals surface area contributed by atoms with Gasteiger partial charge in [0, 0.05) is 0 Å². The second kappa shape index (κ2) is 14.1. The summed E-state index contributed by atoms with van der Waals surface area (Å²) in [5.41, 5.74) is 10.9. The molecule has 0 spiro atoms. The Labute approximate surface area is 302 Å². The zero-order valence-electron chi connectivity index (χ0n) is 28.9. The van der Waals surface area contributed by atoms with E-state index in [1.807, 2.05) is 26.0 Å². The number of anilines is 1. The van der Waals surface area contributed by atoms with Crippen molar-refractivity contribution in [3.8, 4) is 22.5 Å². The van der Waals surface area contributed by atoms with Crippen LogP contribution in [0.25, 0.3) is 45.0 Å². The predicted molar refractivity (Wildman–Crippen MR) is 200 cm³/mol. The molecule has 11 nitrogen and oxygen atoms in total. The molecule has 1 unspecified atom stereocenters. The van der Waals surface area contributed by atoms with Crippen LogP contribution in [0.4, 0.5) is 17.3 Å². The molecule has 0 radical (unpaired) electrons. The summed E-state index contributed by atoms with van der Waals surface area (Å²) in [6, 6.07) is 21.2. The van der Waals surface area contributed by atoms with Crippen molar-refractivity contribution < 1.29 is 14.0 Å². The van der Waals surface area contributed by atoms with Gasteiger partial charge in [0.05, 0.1) is 0 Å². The van der Waals surface area contributed by atoms with Crippen LogP contribution in [0.2, 0.25) is 10.6 Å². The molecule has 0 amide bonds. The van der Waals surface area contributed by atoms with Crippen molar-refractivity contribution in [3.05, 3.63) is 85.3 Å². The van der Waals surface area contributed by atoms with E-state index in [0.29, 0.717) is 26.3 Å². The molecule has 254 valence electrons. The number of rotatable bonds is 13. The van der Waals surface area contributed by atoms with Crippen molar-refractivity contribution in [2.24, 2.45) is 14.1 Å². The van der Waals surface area contributed by atoms with Gasteiger partial charge in [-0.3, -0.25) is 0 Å². The van der Waals surface area contributed by atoms with Gasteiger partial charge in [0.15, 0.2) is 0 Å². The van der Waals surface area contributed by atoms with Crippen LogP contribution in [0.15, 0.2) is 79.6 Å². The molecule has 1 aliphatic rings. The van der Waals surface area contributed by atoms with Crippen molar-refractivity contribution in [2.45, 2.75) is 36.3 Å². The standard InChI is InChI=1S/C37H41N11Se2/c1-43-22-39-33-31(43)37-46(4)30(27-16-9-6-10-17-27)28(47(37)23-40-33)18-11-12-20-49-50-21-13-19-38-34-29(26-14-7-5-8-15-26)42-36-32-35(41-24-48(34)36)45(3)25-44(32)2/h5-10,14-17,22-25,38H,11-13,18-21H2,1-4H3/q+2/p+1. The average Bonchev–Trinajstić information content (AvgIpc) is 3.86. The Morgan fingerprint density at radius 2 is 1.52 bits per heavy atom. The number of fused-ring (bicyclic) bond motifs is 6. The molecular weight excluding hydrogens is 756 g/mol.